The number of aromatic nitrogens is 2. The maximum atomic E-state index is 6.13. The van der Waals surface area contributed by atoms with Gasteiger partial charge in [-0.25, -0.2) is 0 Å². The molecule has 0 amide bonds. The van der Waals surface area contributed by atoms with Gasteiger partial charge in [0, 0.05) is 30.2 Å². The van der Waals surface area contributed by atoms with E-state index in [0.29, 0.717) is 0 Å². The van der Waals surface area contributed by atoms with Crippen molar-refractivity contribution in [2.24, 2.45) is 7.05 Å². The largest absolute Gasteiger partial charge is 0.313 e. The van der Waals surface area contributed by atoms with E-state index in [9.17, 15) is 0 Å². The van der Waals surface area contributed by atoms with Gasteiger partial charge in [-0.2, -0.15) is 5.10 Å². The van der Waals surface area contributed by atoms with Gasteiger partial charge in [-0.1, -0.05) is 24.6 Å². The first-order valence-electron chi connectivity index (χ1n) is 7.00. The van der Waals surface area contributed by atoms with Crippen molar-refractivity contribution in [1.29, 1.82) is 0 Å². The highest BCUT2D eigenvalue weighted by Crippen LogP contribution is 2.25. The van der Waals surface area contributed by atoms with E-state index < -0.39 is 0 Å². The van der Waals surface area contributed by atoms with Crippen LogP contribution in [0.4, 0.5) is 0 Å². The quantitative estimate of drug-likeness (QED) is 0.914. The molecule has 1 aromatic heterocycles. The molecule has 0 aliphatic carbocycles. The molecule has 2 aromatic rings. The molecule has 1 atom stereocenters. The lowest BCUT2D eigenvalue weighted by Gasteiger charge is -2.19. The Morgan fingerprint density at radius 1 is 1.35 bits per heavy atom. The van der Waals surface area contributed by atoms with Crippen LogP contribution in [0.1, 0.15) is 35.5 Å². The van der Waals surface area contributed by atoms with Crippen LogP contribution in [0.2, 0.25) is 5.02 Å². The standard InChI is InChI=1S/C16H22ClN3/c1-5-13-9-14(20(4)19-13)10-16(18-3)15-8-12(17)7-6-11(15)2/h6-9,16,18H,5,10H2,1-4H3. The van der Waals surface area contributed by atoms with Crippen LogP contribution in [0.15, 0.2) is 24.3 Å². The molecule has 3 nitrogen and oxygen atoms in total. The van der Waals surface area contributed by atoms with Gasteiger partial charge in [0.2, 0.25) is 0 Å². The SMILES string of the molecule is CCc1cc(CC(NC)c2cc(Cl)ccc2C)n(C)n1. The summed E-state index contributed by atoms with van der Waals surface area (Å²) in [5.41, 5.74) is 4.88. The molecule has 0 aliphatic rings. The van der Waals surface area contributed by atoms with Crippen molar-refractivity contribution in [3.63, 3.8) is 0 Å². The molecule has 1 heterocycles. The summed E-state index contributed by atoms with van der Waals surface area (Å²) in [4.78, 5) is 0. The molecule has 0 bridgehead atoms. The molecule has 0 radical (unpaired) electrons. The van der Waals surface area contributed by atoms with Crippen molar-refractivity contribution in [3.05, 3.63) is 51.8 Å². The maximum absolute atomic E-state index is 6.13. The minimum Gasteiger partial charge on any atom is -0.313 e. The van der Waals surface area contributed by atoms with Crippen LogP contribution in [0.25, 0.3) is 0 Å². The highest BCUT2D eigenvalue weighted by atomic mass is 35.5. The van der Waals surface area contributed by atoms with Gasteiger partial charge in [0.05, 0.1) is 5.69 Å². The Balaban J connectivity index is 2.28. The normalized spacial score (nSPS) is 12.7. The van der Waals surface area contributed by atoms with E-state index in [1.54, 1.807) is 0 Å². The molecule has 4 heteroatoms. The van der Waals surface area contributed by atoms with E-state index in [0.717, 1.165) is 23.6 Å². The summed E-state index contributed by atoms with van der Waals surface area (Å²) < 4.78 is 1.98. The van der Waals surface area contributed by atoms with Crippen molar-refractivity contribution in [2.75, 3.05) is 7.05 Å². The third-order valence-corrected chi connectivity index (χ3v) is 4.00. The van der Waals surface area contributed by atoms with Crippen molar-refractivity contribution in [2.45, 2.75) is 32.7 Å². The Morgan fingerprint density at radius 3 is 2.70 bits per heavy atom. The van der Waals surface area contributed by atoms with Crippen LogP contribution in [0.5, 0.6) is 0 Å². The van der Waals surface area contributed by atoms with Crippen LogP contribution < -0.4 is 5.32 Å². The third kappa shape index (κ3) is 3.22. The fraction of sp³-hybridized carbons (Fsp3) is 0.438. The molecule has 1 aromatic carbocycles. The number of hydrogen-bond acceptors (Lipinski definition) is 2. The number of likely N-dealkylation sites (N-methyl/N-ethyl adjacent to an activating group) is 1. The van der Waals surface area contributed by atoms with Gasteiger partial charge in [-0.15, -0.1) is 0 Å². The smallest absolute Gasteiger partial charge is 0.0624 e. The predicted octanol–water partition coefficient (Wildman–Crippen LogP) is 3.45. The molecule has 2 rings (SSSR count). The second-order valence-corrected chi connectivity index (χ2v) is 5.59. The summed E-state index contributed by atoms with van der Waals surface area (Å²) >= 11 is 6.13. The molecule has 1 unspecified atom stereocenters. The van der Waals surface area contributed by atoms with Crippen molar-refractivity contribution in [3.8, 4) is 0 Å². The number of nitrogens with one attached hydrogen (secondary N) is 1. The van der Waals surface area contributed by atoms with Crippen LogP contribution in [0, 0.1) is 6.92 Å². The van der Waals surface area contributed by atoms with Crippen molar-refractivity contribution in [1.82, 2.24) is 15.1 Å². The summed E-state index contributed by atoms with van der Waals surface area (Å²) in [6, 6.07) is 8.49. The zero-order chi connectivity index (χ0) is 14.7. The number of hydrogen-bond donors (Lipinski definition) is 1. The lowest BCUT2D eigenvalue weighted by molar-refractivity contribution is 0.559. The number of aryl methyl sites for hydroxylation is 3. The average molecular weight is 292 g/mol. The monoisotopic (exact) mass is 291 g/mol. The van der Waals surface area contributed by atoms with E-state index in [1.165, 1.54) is 16.8 Å². The van der Waals surface area contributed by atoms with E-state index in [2.05, 4.69) is 42.5 Å². The highest BCUT2D eigenvalue weighted by molar-refractivity contribution is 6.30. The zero-order valence-corrected chi connectivity index (χ0v) is 13.3. The Morgan fingerprint density at radius 2 is 2.10 bits per heavy atom. The van der Waals surface area contributed by atoms with E-state index in [-0.39, 0.29) is 6.04 Å². The van der Waals surface area contributed by atoms with Crippen molar-refractivity contribution >= 4 is 11.6 Å². The van der Waals surface area contributed by atoms with Gasteiger partial charge < -0.3 is 5.32 Å². The summed E-state index contributed by atoms with van der Waals surface area (Å²) in [6.45, 7) is 4.25. The summed E-state index contributed by atoms with van der Waals surface area (Å²) in [5.74, 6) is 0. The van der Waals surface area contributed by atoms with Gasteiger partial charge in [0.25, 0.3) is 0 Å². The molecule has 0 fully saturated rings. The second kappa shape index (κ2) is 6.42. The first-order valence-corrected chi connectivity index (χ1v) is 7.38. The fourth-order valence-corrected chi connectivity index (χ4v) is 2.68. The maximum Gasteiger partial charge on any atom is 0.0624 e. The number of halogens is 1. The molecule has 108 valence electrons. The molecular weight excluding hydrogens is 270 g/mol. The Labute approximate surface area is 126 Å². The number of rotatable bonds is 5. The van der Waals surface area contributed by atoms with Crippen LogP contribution in [-0.2, 0) is 19.9 Å². The Hall–Kier alpha value is -1.32. The summed E-state index contributed by atoms with van der Waals surface area (Å²) in [6.07, 6.45) is 1.87. The Kier molecular flexibility index (Phi) is 4.84. The molecule has 20 heavy (non-hydrogen) atoms. The lowest BCUT2D eigenvalue weighted by atomic mass is 9.97. The van der Waals surface area contributed by atoms with Gasteiger partial charge in [-0.05, 0) is 49.7 Å². The van der Waals surface area contributed by atoms with Gasteiger partial charge in [0.1, 0.15) is 0 Å². The van der Waals surface area contributed by atoms with Gasteiger partial charge in [-0.3, -0.25) is 4.68 Å². The topological polar surface area (TPSA) is 29.9 Å². The van der Waals surface area contributed by atoms with Crippen LogP contribution >= 0.6 is 11.6 Å². The summed E-state index contributed by atoms with van der Waals surface area (Å²) in [7, 11) is 3.99. The van der Waals surface area contributed by atoms with E-state index in [4.69, 9.17) is 11.6 Å². The molecule has 0 saturated carbocycles. The van der Waals surface area contributed by atoms with Crippen LogP contribution in [-0.4, -0.2) is 16.8 Å². The Bertz CT molecular complexity index is 589. The molecule has 0 spiro atoms. The van der Waals surface area contributed by atoms with Crippen LogP contribution in [0.3, 0.4) is 0 Å². The number of nitrogens with zero attached hydrogens (tertiary/aromatic N) is 2. The first-order chi connectivity index (χ1) is 9.55. The average Bonchev–Trinajstić information content (AvgIpc) is 2.79. The molecule has 0 saturated heterocycles. The van der Waals surface area contributed by atoms with E-state index >= 15 is 0 Å². The minimum atomic E-state index is 0.244. The fourth-order valence-electron chi connectivity index (χ4n) is 2.50. The summed E-state index contributed by atoms with van der Waals surface area (Å²) in [5, 5.41) is 8.69. The van der Waals surface area contributed by atoms with E-state index in [1.807, 2.05) is 24.8 Å². The predicted molar refractivity (Wildman–Crippen MR) is 84.3 cm³/mol. The minimum absolute atomic E-state index is 0.244. The molecule has 0 aliphatic heterocycles. The van der Waals surface area contributed by atoms with Gasteiger partial charge >= 0.3 is 0 Å². The second-order valence-electron chi connectivity index (χ2n) is 5.15. The zero-order valence-electron chi connectivity index (χ0n) is 12.6. The first kappa shape index (κ1) is 15.1. The number of benzene rings is 1. The lowest BCUT2D eigenvalue weighted by Crippen LogP contribution is -2.21. The van der Waals surface area contributed by atoms with Crippen molar-refractivity contribution < 1.29 is 0 Å². The third-order valence-electron chi connectivity index (χ3n) is 3.77. The van der Waals surface area contributed by atoms with Gasteiger partial charge in [0.15, 0.2) is 0 Å². The molecular formula is C16H22ClN3. The molecule has 1 N–H and O–H groups in total. The highest BCUT2D eigenvalue weighted by Gasteiger charge is 2.15.